The number of hydrogen-bond donors (Lipinski definition) is 2. The van der Waals surface area contributed by atoms with Crippen molar-refractivity contribution in [3.05, 3.63) is 47.4 Å². The fourth-order valence-electron chi connectivity index (χ4n) is 2.28. The predicted octanol–water partition coefficient (Wildman–Crippen LogP) is 1.74. The molecule has 0 radical (unpaired) electrons. The van der Waals surface area contributed by atoms with E-state index in [9.17, 15) is 9.59 Å². The minimum Gasteiger partial charge on any atom is -0.485 e. The summed E-state index contributed by atoms with van der Waals surface area (Å²) < 4.78 is 16.2. The highest BCUT2D eigenvalue weighted by atomic mass is 16.6. The first kappa shape index (κ1) is 15.0. The number of furan rings is 1. The van der Waals surface area contributed by atoms with Gasteiger partial charge in [0, 0.05) is 5.56 Å². The number of carboxylic acid groups (broad SMARTS) is 1. The molecule has 0 saturated carbocycles. The highest BCUT2D eigenvalue weighted by molar-refractivity contribution is 5.86. The molecule has 1 amide bonds. The lowest BCUT2D eigenvalue weighted by Crippen LogP contribution is -2.43. The van der Waals surface area contributed by atoms with Crippen molar-refractivity contribution in [3.63, 3.8) is 0 Å². The first-order chi connectivity index (χ1) is 11.0. The number of nitrogens with one attached hydrogen (secondary N) is 1. The molecule has 1 aliphatic heterocycles. The summed E-state index contributed by atoms with van der Waals surface area (Å²) in [6, 6.07) is 8.69. The monoisotopic (exact) mass is 317 g/mol. The summed E-state index contributed by atoms with van der Waals surface area (Å²) in [6.07, 6.45) is -0.764. The van der Waals surface area contributed by atoms with Crippen LogP contribution in [0.25, 0.3) is 0 Å². The Hall–Kier alpha value is -2.96. The molecule has 1 aromatic heterocycles. The molecule has 3 rings (SSSR count). The largest absolute Gasteiger partial charge is 0.485 e. The minimum atomic E-state index is -1.14. The molecule has 1 atom stereocenters. The number of aryl methyl sites for hydroxylation is 1. The van der Waals surface area contributed by atoms with Gasteiger partial charge < -0.3 is 24.3 Å². The average Bonchev–Trinajstić information content (AvgIpc) is 2.93. The highest BCUT2D eigenvalue weighted by Crippen LogP contribution is 2.30. The van der Waals surface area contributed by atoms with E-state index in [1.165, 1.54) is 0 Å². The second kappa shape index (κ2) is 6.04. The molecule has 2 aromatic rings. The minimum absolute atomic E-state index is 0.0778. The first-order valence-electron chi connectivity index (χ1n) is 7.03. The fraction of sp³-hybridized carbons (Fsp3) is 0.250. The van der Waals surface area contributed by atoms with Gasteiger partial charge in [0.1, 0.15) is 12.4 Å². The molecule has 120 valence electrons. The van der Waals surface area contributed by atoms with Crippen molar-refractivity contribution < 1.29 is 28.6 Å². The molecule has 2 N–H and O–H groups in total. The van der Waals surface area contributed by atoms with Crippen LogP contribution in [0.2, 0.25) is 0 Å². The Morgan fingerprint density at radius 3 is 2.74 bits per heavy atom. The zero-order valence-electron chi connectivity index (χ0n) is 12.4. The van der Waals surface area contributed by atoms with Gasteiger partial charge in [-0.15, -0.1) is 0 Å². The van der Waals surface area contributed by atoms with Gasteiger partial charge in [-0.2, -0.15) is 0 Å². The number of aromatic carboxylic acids is 1. The summed E-state index contributed by atoms with van der Waals surface area (Å²) in [5.74, 6) is -0.137. The molecule has 0 saturated heterocycles. The first-order valence-corrected chi connectivity index (χ1v) is 7.03. The SMILES string of the molecule is Cc1cc(CNC(=O)C2COc3ccccc3O2)oc1C(=O)O. The highest BCUT2D eigenvalue weighted by Gasteiger charge is 2.27. The number of amides is 1. The number of carboxylic acids is 1. The third kappa shape index (κ3) is 3.13. The van der Waals surface area contributed by atoms with Gasteiger partial charge in [-0.3, -0.25) is 4.79 Å². The van der Waals surface area contributed by atoms with Crippen molar-refractivity contribution >= 4 is 11.9 Å². The van der Waals surface area contributed by atoms with Crippen LogP contribution in [0.5, 0.6) is 11.5 Å². The summed E-state index contributed by atoms with van der Waals surface area (Å²) >= 11 is 0. The summed E-state index contributed by atoms with van der Waals surface area (Å²) in [4.78, 5) is 23.1. The number of carbonyl (C=O) groups is 2. The standard InChI is InChI=1S/C16H15NO6/c1-9-6-10(22-14(9)16(19)20)7-17-15(18)13-8-21-11-4-2-3-5-12(11)23-13/h2-6,13H,7-8H2,1H3,(H,17,18)(H,19,20). The zero-order valence-corrected chi connectivity index (χ0v) is 12.4. The van der Waals surface area contributed by atoms with E-state index >= 15 is 0 Å². The van der Waals surface area contributed by atoms with E-state index in [2.05, 4.69) is 5.32 Å². The summed E-state index contributed by atoms with van der Waals surface area (Å²) in [5.41, 5.74) is 0.507. The van der Waals surface area contributed by atoms with Crippen LogP contribution < -0.4 is 14.8 Å². The van der Waals surface area contributed by atoms with E-state index in [1.807, 2.05) is 6.07 Å². The van der Waals surface area contributed by atoms with E-state index in [-0.39, 0.29) is 24.8 Å². The number of hydrogen-bond acceptors (Lipinski definition) is 5. The molecule has 7 nitrogen and oxygen atoms in total. The lowest BCUT2D eigenvalue weighted by atomic mass is 10.2. The number of ether oxygens (including phenoxy) is 2. The summed E-state index contributed by atoms with van der Waals surface area (Å²) in [7, 11) is 0. The van der Waals surface area contributed by atoms with Crippen molar-refractivity contribution in [3.8, 4) is 11.5 Å². The van der Waals surface area contributed by atoms with Crippen molar-refractivity contribution in [2.75, 3.05) is 6.61 Å². The molecule has 23 heavy (non-hydrogen) atoms. The zero-order chi connectivity index (χ0) is 16.4. The van der Waals surface area contributed by atoms with E-state index in [0.29, 0.717) is 22.8 Å². The number of para-hydroxylation sites is 2. The van der Waals surface area contributed by atoms with E-state index in [4.69, 9.17) is 19.0 Å². The molecule has 0 bridgehead atoms. The van der Waals surface area contributed by atoms with Crippen molar-refractivity contribution in [2.24, 2.45) is 0 Å². The maximum atomic E-state index is 12.1. The molecular weight excluding hydrogens is 302 g/mol. The van der Waals surface area contributed by atoms with Crippen molar-refractivity contribution in [2.45, 2.75) is 19.6 Å². The van der Waals surface area contributed by atoms with Crippen LogP contribution in [0.15, 0.2) is 34.7 Å². The quantitative estimate of drug-likeness (QED) is 0.891. The van der Waals surface area contributed by atoms with Crippen LogP contribution in [0.1, 0.15) is 21.9 Å². The van der Waals surface area contributed by atoms with Crippen LogP contribution in [0, 0.1) is 6.92 Å². The Morgan fingerprint density at radius 1 is 1.30 bits per heavy atom. The van der Waals surface area contributed by atoms with Crippen LogP contribution in [-0.2, 0) is 11.3 Å². The molecular formula is C16H15NO6. The smallest absolute Gasteiger partial charge is 0.372 e. The van der Waals surface area contributed by atoms with Gasteiger partial charge in [-0.25, -0.2) is 4.79 Å². The van der Waals surface area contributed by atoms with Crippen molar-refractivity contribution in [1.82, 2.24) is 5.32 Å². The Kier molecular flexibility index (Phi) is 3.92. The lowest BCUT2D eigenvalue weighted by Gasteiger charge is -2.25. The summed E-state index contributed by atoms with van der Waals surface area (Å²) in [5, 5.41) is 11.6. The van der Waals surface area contributed by atoms with E-state index in [0.717, 1.165) is 0 Å². The van der Waals surface area contributed by atoms with Crippen LogP contribution in [-0.4, -0.2) is 29.7 Å². The number of carbonyl (C=O) groups excluding carboxylic acids is 1. The molecule has 1 aliphatic rings. The molecule has 1 aromatic carbocycles. The van der Waals surface area contributed by atoms with Gasteiger partial charge in [0.05, 0.1) is 6.54 Å². The van der Waals surface area contributed by atoms with Crippen LogP contribution >= 0.6 is 0 Å². The third-order valence-electron chi connectivity index (χ3n) is 3.40. The second-order valence-electron chi connectivity index (χ2n) is 5.11. The summed E-state index contributed by atoms with van der Waals surface area (Å²) in [6.45, 7) is 1.82. The van der Waals surface area contributed by atoms with Gasteiger partial charge in [-0.05, 0) is 25.1 Å². The normalized spacial score (nSPS) is 16.0. The van der Waals surface area contributed by atoms with Crippen molar-refractivity contribution in [1.29, 1.82) is 0 Å². The predicted molar refractivity (Wildman–Crippen MR) is 78.6 cm³/mol. The molecule has 0 aliphatic carbocycles. The molecule has 7 heteroatoms. The molecule has 0 spiro atoms. The molecule has 1 unspecified atom stereocenters. The average molecular weight is 317 g/mol. The Balaban J connectivity index is 1.60. The van der Waals surface area contributed by atoms with Gasteiger partial charge in [-0.1, -0.05) is 12.1 Å². The van der Waals surface area contributed by atoms with Gasteiger partial charge in [0.2, 0.25) is 11.9 Å². The van der Waals surface area contributed by atoms with Gasteiger partial charge in [0.25, 0.3) is 5.91 Å². The Morgan fingerprint density at radius 2 is 2.04 bits per heavy atom. The Labute approximate surface area is 131 Å². The third-order valence-corrected chi connectivity index (χ3v) is 3.40. The topological polar surface area (TPSA) is 98.0 Å². The molecule has 0 fully saturated rings. The maximum Gasteiger partial charge on any atom is 0.372 e. The van der Waals surface area contributed by atoms with Gasteiger partial charge in [0.15, 0.2) is 11.5 Å². The second-order valence-corrected chi connectivity index (χ2v) is 5.11. The van der Waals surface area contributed by atoms with Gasteiger partial charge >= 0.3 is 5.97 Å². The van der Waals surface area contributed by atoms with E-state index < -0.39 is 12.1 Å². The molecule has 2 heterocycles. The van der Waals surface area contributed by atoms with E-state index in [1.54, 1.807) is 31.2 Å². The van der Waals surface area contributed by atoms with Crippen LogP contribution in [0.4, 0.5) is 0 Å². The lowest BCUT2D eigenvalue weighted by molar-refractivity contribution is -0.130. The fourth-order valence-corrected chi connectivity index (χ4v) is 2.28. The Bertz CT molecular complexity index is 751. The number of benzene rings is 1. The number of rotatable bonds is 4. The maximum absolute atomic E-state index is 12.1. The number of fused-ring (bicyclic) bond motifs is 1. The van der Waals surface area contributed by atoms with Crippen LogP contribution in [0.3, 0.4) is 0 Å².